The molecule has 5 rings (SSSR count). The highest BCUT2D eigenvalue weighted by atomic mass is 35.5. The van der Waals surface area contributed by atoms with Crippen molar-refractivity contribution in [3.63, 3.8) is 0 Å². The van der Waals surface area contributed by atoms with Crippen LogP contribution in [0.25, 0.3) is 0 Å². The van der Waals surface area contributed by atoms with Crippen molar-refractivity contribution in [1.29, 1.82) is 0 Å². The van der Waals surface area contributed by atoms with Gasteiger partial charge in [0.2, 0.25) is 0 Å². The van der Waals surface area contributed by atoms with Crippen LogP contribution in [-0.4, -0.2) is 91.8 Å². The number of amides is 2. The molecule has 2 amide bonds. The predicted molar refractivity (Wildman–Crippen MR) is 136 cm³/mol. The third-order valence-corrected chi connectivity index (χ3v) is 6.94. The summed E-state index contributed by atoms with van der Waals surface area (Å²) in [5, 5.41) is 3.68. The van der Waals surface area contributed by atoms with Crippen LogP contribution in [-0.2, 0) is 4.74 Å². The van der Waals surface area contributed by atoms with Crippen LogP contribution >= 0.6 is 24.8 Å². The molecule has 0 spiro atoms. The van der Waals surface area contributed by atoms with Crippen molar-refractivity contribution in [2.75, 3.05) is 59.0 Å². The maximum absolute atomic E-state index is 13.0. The average Bonchev–Trinajstić information content (AvgIpc) is 2.85. The van der Waals surface area contributed by atoms with Gasteiger partial charge in [-0.1, -0.05) is 60.7 Å². The quantitative estimate of drug-likeness (QED) is 0.714. The molecule has 2 aromatic rings. The molecule has 3 fully saturated rings. The average molecular weight is 493 g/mol. The molecule has 0 bridgehead atoms. The van der Waals surface area contributed by atoms with Gasteiger partial charge in [-0.15, -0.1) is 24.8 Å². The van der Waals surface area contributed by atoms with Crippen LogP contribution in [0.4, 0.5) is 4.79 Å². The van der Waals surface area contributed by atoms with E-state index in [0.717, 1.165) is 32.7 Å². The Hall–Kier alpha value is -1.83. The molecule has 2 aromatic carbocycles. The van der Waals surface area contributed by atoms with E-state index in [1.165, 1.54) is 11.1 Å². The first-order chi connectivity index (χ1) is 15.3. The highest BCUT2D eigenvalue weighted by Crippen LogP contribution is 2.34. The summed E-state index contributed by atoms with van der Waals surface area (Å²) in [6, 6.07) is 22.6. The summed E-state index contributed by atoms with van der Waals surface area (Å²) in [5.74, 6) is 0.305. The summed E-state index contributed by atoms with van der Waals surface area (Å²) in [6.45, 7) is 7.09. The van der Waals surface area contributed by atoms with Crippen molar-refractivity contribution in [2.24, 2.45) is 0 Å². The van der Waals surface area contributed by atoms with Gasteiger partial charge in [-0.2, -0.15) is 0 Å². The van der Waals surface area contributed by atoms with Crippen LogP contribution in [0.2, 0.25) is 0 Å². The van der Waals surface area contributed by atoms with Gasteiger partial charge in [-0.3, -0.25) is 4.90 Å². The second kappa shape index (κ2) is 12.0. The number of ether oxygens (including phenoxy) is 1. The van der Waals surface area contributed by atoms with Gasteiger partial charge >= 0.3 is 6.03 Å². The number of benzene rings is 2. The molecular weight excluding hydrogens is 459 g/mol. The normalized spacial score (nSPS) is 23.3. The minimum atomic E-state index is 0. The van der Waals surface area contributed by atoms with Crippen molar-refractivity contribution in [3.05, 3.63) is 71.8 Å². The number of urea groups is 1. The van der Waals surface area contributed by atoms with Gasteiger partial charge in [0.25, 0.3) is 0 Å². The Kier molecular flexibility index (Phi) is 9.41. The van der Waals surface area contributed by atoms with Gasteiger partial charge in [-0.05, 0) is 11.1 Å². The van der Waals surface area contributed by atoms with E-state index in [2.05, 4.69) is 75.8 Å². The molecule has 180 valence electrons. The van der Waals surface area contributed by atoms with E-state index in [-0.39, 0.29) is 30.8 Å². The van der Waals surface area contributed by atoms with Crippen LogP contribution in [0, 0.1) is 0 Å². The molecule has 1 N–H and O–H groups in total. The number of piperazine rings is 2. The maximum Gasteiger partial charge on any atom is 0.320 e. The summed E-state index contributed by atoms with van der Waals surface area (Å²) >= 11 is 0. The second-order valence-electron chi connectivity index (χ2n) is 8.74. The Labute approximate surface area is 209 Å². The molecule has 3 heterocycles. The van der Waals surface area contributed by atoms with E-state index in [1.54, 1.807) is 0 Å². The molecule has 33 heavy (non-hydrogen) atoms. The van der Waals surface area contributed by atoms with Crippen LogP contribution in [0.3, 0.4) is 0 Å². The molecule has 8 heteroatoms. The van der Waals surface area contributed by atoms with E-state index in [9.17, 15) is 4.79 Å². The van der Waals surface area contributed by atoms with Crippen molar-refractivity contribution in [3.8, 4) is 0 Å². The topological polar surface area (TPSA) is 48.1 Å². The first-order valence-electron chi connectivity index (χ1n) is 11.5. The molecule has 3 aliphatic heterocycles. The zero-order valence-electron chi connectivity index (χ0n) is 18.8. The van der Waals surface area contributed by atoms with Crippen molar-refractivity contribution >= 4 is 30.8 Å². The number of nitrogens with zero attached hydrogens (tertiary/aromatic N) is 3. The molecule has 2 atom stereocenters. The van der Waals surface area contributed by atoms with Crippen LogP contribution in [0.1, 0.15) is 17.0 Å². The SMILES string of the molecule is Cl.Cl.O=C(N1CCOCC1)N1CCN2C(C(c3ccccc3)c3ccccc3)CNC[C@@H]2C1. The second-order valence-corrected chi connectivity index (χ2v) is 8.74. The Morgan fingerprint density at radius 3 is 2.03 bits per heavy atom. The predicted octanol–water partition coefficient (Wildman–Crippen LogP) is 3.07. The minimum Gasteiger partial charge on any atom is -0.378 e. The number of nitrogens with one attached hydrogen (secondary N) is 1. The third-order valence-electron chi connectivity index (χ3n) is 6.94. The van der Waals surface area contributed by atoms with E-state index >= 15 is 0 Å². The van der Waals surface area contributed by atoms with Gasteiger partial charge in [0, 0.05) is 63.8 Å². The van der Waals surface area contributed by atoms with Crippen LogP contribution in [0.5, 0.6) is 0 Å². The molecule has 3 saturated heterocycles. The Bertz CT molecular complexity index is 828. The minimum absolute atomic E-state index is 0. The van der Waals surface area contributed by atoms with Crippen LogP contribution in [0.15, 0.2) is 60.7 Å². The number of hydrogen-bond acceptors (Lipinski definition) is 4. The number of carbonyl (C=O) groups is 1. The lowest BCUT2D eigenvalue weighted by Gasteiger charge is -2.51. The van der Waals surface area contributed by atoms with Gasteiger partial charge < -0.3 is 19.9 Å². The fourth-order valence-corrected chi connectivity index (χ4v) is 5.40. The first-order valence-corrected chi connectivity index (χ1v) is 11.5. The number of halogens is 2. The summed E-state index contributed by atoms with van der Waals surface area (Å²) in [4.78, 5) is 19.7. The molecule has 6 nitrogen and oxygen atoms in total. The number of carbonyl (C=O) groups excluding carboxylic acids is 1. The van der Waals surface area contributed by atoms with E-state index in [0.29, 0.717) is 44.3 Å². The maximum atomic E-state index is 13.0. The number of fused-ring (bicyclic) bond motifs is 1. The fraction of sp³-hybridized carbons (Fsp3) is 0.480. The zero-order valence-corrected chi connectivity index (χ0v) is 20.5. The lowest BCUT2D eigenvalue weighted by molar-refractivity contribution is 0.00751. The Balaban J connectivity index is 0.00000153. The Morgan fingerprint density at radius 2 is 1.42 bits per heavy atom. The van der Waals surface area contributed by atoms with Gasteiger partial charge in [-0.25, -0.2) is 4.79 Å². The summed E-state index contributed by atoms with van der Waals surface area (Å²) < 4.78 is 5.42. The van der Waals surface area contributed by atoms with E-state index in [1.807, 2.05) is 4.90 Å². The number of morpholine rings is 1. The fourth-order valence-electron chi connectivity index (χ4n) is 5.40. The summed E-state index contributed by atoms with van der Waals surface area (Å²) in [7, 11) is 0. The lowest BCUT2D eigenvalue weighted by Crippen LogP contribution is -2.67. The smallest absolute Gasteiger partial charge is 0.320 e. The highest BCUT2D eigenvalue weighted by Gasteiger charge is 2.41. The van der Waals surface area contributed by atoms with Gasteiger partial charge in [0.15, 0.2) is 0 Å². The standard InChI is InChI=1S/C25H32N4O2.2ClH/c30-25(27-13-15-31-16-14-27)28-11-12-29-22(19-28)17-26-18-23(29)24(20-7-3-1-4-8-20)21-9-5-2-6-10-21;;/h1-10,22-24,26H,11-19H2;2*1H/t22-,23?;;/m1../s1. The van der Waals surface area contributed by atoms with Crippen molar-refractivity contribution in [1.82, 2.24) is 20.0 Å². The largest absolute Gasteiger partial charge is 0.378 e. The number of hydrogen-bond donors (Lipinski definition) is 1. The summed E-state index contributed by atoms with van der Waals surface area (Å²) in [5.41, 5.74) is 2.71. The summed E-state index contributed by atoms with van der Waals surface area (Å²) in [6.07, 6.45) is 0. The first kappa shape index (κ1) is 25.8. The zero-order chi connectivity index (χ0) is 21.0. The molecular formula is C25H34Cl2N4O2. The van der Waals surface area contributed by atoms with E-state index in [4.69, 9.17) is 4.74 Å². The van der Waals surface area contributed by atoms with Crippen molar-refractivity contribution < 1.29 is 9.53 Å². The highest BCUT2D eigenvalue weighted by molar-refractivity contribution is 5.85. The number of rotatable bonds is 3. The van der Waals surface area contributed by atoms with Gasteiger partial charge in [0.1, 0.15) is 0 Å². The van der Waals surface area contributed by atoms with Gasteiger partial charge in [0.05, 0.1) is 13.2 Å². The third kappa shape index (κ3) is 5.64. The lowest BCUT2D eigenvalue weighted by atomic mass is 9.82. The Morgan fingerprint density at radius 1 is 0.818 bits per heavy atom. The molecule has 0 aliphatic carbocycles. The van der Waals surface area contributed by atoms with Crippen LogP contribution < -0.4 is 5.32 Å². The molecule has 0 radical (unpaired) electrons. The molecule has 0 saturated carbocycles. The van der Waals surface area contributed by atoms with Crippen molar-refractivity contribution in [2.45, 2.75) is 18.0 Å². The molecule has 1 unspecified atom stereocenters. The monoisotopic (exact) mass is 492 g/mol. The molecule has 3 aliphatic rings. The molecule has 0 aromatic heterocycles. The van der Waals surface area contributed by atoms with E-state index < -0.39 is 0 Å².